The van der Waals surface area contributed by atoms with Crippen molar-refractivity contribution in [2.24, 2.45) is 11.7 Å². The monoisotopic (exact) mass is 434 g/mol. The molecule has 2 fully saturated rings. The second-order valence-corrected chi connectivity index (χ2v) is 7.61. The van der Waals surface area contributed by atoms with E-state index in [2.05, 4.69) is 23.6 Å². The first-order valence-electron chi connectivity index (χ1n) is 9.81. The van der Waals surface area contributed by atoms with Crippen molar-refractivity contribution in [2.45, 2.75) is 32.7 Å². The zero-order valence-electron chi connectivity index (χ0n) is 16.8. The van der Waals surface area contributed by atoms with Gasteiger partial charge in [0, 0.05) is 50.9 Å². The molecule has 1 aromatic rings. The Balaban J connectivity index is 0.00000196. The van der Waals surface area contributed by atoms with Crippen LogP contribution in [0.2, 0.25) is 0 Å². The molecular formula is C20H33Cl2FN4O. The van der Waals surface area contributed by atoms with Crippen molar-refractivity contribution in [2.75, 3.05) is 50.7 Å². The predicted molar refractivity (Wildman–Crippen MR) is 117 cm³/mol. The van der Waals surface area contributed by atoms with E-state index in [4.69, 9.17) is 5.73 Å². The van der Waals surface area contributed by atoms with Crippen LogP contribution in [0.1, 0.15) is 37.0 Å². The van der Waals surface area contributed by atoms with Crippen molar-refractivity contribution in [3.8, 4) is 0 Å². The normalized spacial score (nSPS) is 23.0. The van der Waals surface area contributed by atoms with Gasteiger partial charge in [-0.3, -0.25) is 4.79 Å². The summed E-state index contributed by atoms with van der Waals surface area (Å²) in [6.07, 6.45) is 1.90. The van der Waals surface area contributed by atoms with Gasteiger partial charge in [0.05, 0.1) is 5.69 Å². The first kappa shape index (κ1) is 25.0. The Labute approximate surface area is 180 Å². The maximum atomic E-state index is 14.7. The molecule has 2 heterocycles. The van der Waals surface area contributed by atoms with Gasteiger partial charge in [0.1, 0.15) is 5.82 Å². The van der Waals surface area contributed by atoms with Crippen molar-refractivity contribution < 1.29 is 9.18 Å². The average molecular weight is 435 g/mol. The van der Waals surface area contributed by atoms with Gasteiger partial charge in [-0.15, -0.1) is 24.8 Å². The van der Waals surface area contributed by atoms with Crippen LogP contribution >= 0.6 is 24.8 Å². The van der Waals surface area contributed by atoms with Crippen LogP contribution in [0.3, 0.4) is 0 Å². The van der Waals surface area contributed by atoms with Crippen molar-refractivity contribution in [1.29, 1.82) is 0 Å². The number of benzene rings is 1. The van der Waals surface area contributed by atoms with Crippen molar-refractivity contribution >= 4 is 36.4 Å². The van der Waals surface area contributed by atoms with Gasteiger partial charge in [-0.25, -0.2) is 4.39 Å². The molecule has 2 unspecified atom stereocenters. The minimum atomic E-state index is -0.310. The molecule has 0 aliphatic carbocycles. The fourth-order valence-electron chi connectivity index (χ4n) is 4.11. The molecule has 0 saturated carbocycles. The summed E-state index contributed by atoms with van der Waals surface area (Å²) in [5.74, 6) is 0.164. The van der Waals surface area contributed by atoms with Gasteiger partial charge in [0.15, 0.2) is 0 Å². The number of anilines is 1. The van der Waals surface area contributed by atoms with Crippen molar-refractivity contribution in [3.05, 3.63) is 29.6 Å². The molecule has 2 aliphatic rings. The smallest absolute Gasteiger partial charge is 0.254 e. The quantitative estimate of drug-likeness (QED) is 0.790. The molecule has 160 valence electrons. The number of rotatable bonds is 4. The van der Waals surface area contributed by atoms with E-state index in [1.807, 2.05) is 4.90 Å². The lowest BCUT2D eigenvalue weighted by Gasteiger charge is -2.38. The maximum absolute atomic E-state index is 14.7. The third-order valence-corrected chi connectivity index (χ3v) is 5.87. The summed E-state index contributed by atoms with van der Waals surface area (Å²) in [5, 5.41) is 0. The molecule has 2 N–H and O–H groups in total. The number of carbonyl (C=O) groups excluding carboxylic acids is 1. The van der Waals surface area contributed by atoms with E-state index in [9.17, 15) is 9.18 Å². The van der Waals surface area contributed by atoms with Gasteiger partial charge in [-0.1, -0.05) is 13.8 Å². The van der Waals surface area contributed by atoms with E-state index in [-0.39, 0.29) is 42.6 Å². The van der Waals surface area contributed by atoms with Crippen LogP contribution in [0.5, 0.6) is 0 Å². The van der Waals surface area contributed by atoms with Gasteiger partial charge in [-0.2, -0.15) is 0 Å². The van der Waals surface area contributed by atoms with Crippen LogP contribution in [0, 0.1) is 11.7 Å². The fourth-order valence-corrected chi connectivity index (χ4v) is 4.11. The Morgan fingerprint density at radius 1 is 1.18 bits per heavy atom. The average Bonchev–Trinajstić information content (AvgIpc) is 2.67. The molecule has 0 radical (unpaired) electrons. The molecule has 3 rings (SSSR count). The summed E-state index contributed by atoms with van der Waals surface area (Å²) in [6, 6.07) is 4.97. The number of likely N-dealkylation sites (N-methyl/N-ethyl adjacent to an activating group) is 1. The largest absolute Gasteiger partial charge is 0.367 e. The van der Waals surface area contributed by atoms with Crippen LogP contribution in [0.15, 0.2) is 18.2 Å². The van der Waals surface area contributed by atoms with E-state index in [0.717, 1.165) is 45.6 Å². The highest BCUT2D eigenvalue weighted by atomic mass is 35.5. The predicted octanol–water partition coefficient (Wildman–Crippen LogP) is 3.01. The molecule has 2 saturated heterocycles. The summed E-state index contributed by atoms with van der Waals surface area (Å²) in [6.45, 7) is 10.0. The Kier molecular flexibility index (Phi) is 9.98. The number of amides is 1. The van der Waals surface area contributed by atoms with E-state index in [1.54, 1.807) is 12.1 Å². The van der Waals surface area contributed by atoms with Gasteiger partial charge in [-0.05, 0) is 43.5 Å². The molecular weight excluding hydrogens is 402 g/mol. The first-order valence-corrected chi connectivity index (χ1v) is 9.81. The summed E-state index contributed by atoms with van der Waals surface area (Å²) < 4.78 is 14.7. The SMILES string of the molecule is CCN1CCN(c2ccc(C(=O)N3CCC(C)CC3CN)cc2F)CC1.Cl.Cl. The highest BCUT2D eigenvalue weighted by Gasteiger charge is 2.30. The second-order valence-electron chi connectivity index (χ2n) is 7.61. The van der Waals surface area contributed by atoms with Gasteiger partial charge in [0.25, 0.3) is 5.91 Å². The number of piperazine rings is 1. The minimum Gasteiger partial charge on any atom is -0.367 e. The number of nitrogens with zero attached hydrogens (tertiary/aromatic N) is 3. The minimum absolute atomic E-state index is 0. The number of halogens is 3. The third kappa shape index (κ3) is 5.50. The lowest BCUT2D eigenvalue weighted by Crippen LogP contribution is -2.49. The van der Waals surface area contributed by atoms with Gasteiger partial charge < -0.3 is 20.4 Å². The van der Waals surface area contributed by atoms with Gasteiger partial charge >= 0.3 is 0 Å². The third-order valence-electron chi connectivity index (χ3n) is 5.87. The second kappa shape index (κ2) is 11.2. The molecule has 0 spiro atoms. The Morgan fingerprint density at radius 3 is 2.43 bits per heavy atom. The van der Waals surface area contributed by atoms with Crippen molar-refractivity contribution in [3.63, 3.8) is 0 Å². The number of hydrogen-bond donors (Lipinski definition) is 1. The lowest BCUT2D eigenvalue weighted by molar-refractivity contribution is 0.0573. The lowest BCUT2D eigenvalue weighted by atomic mass is 9.92. The van der Waals surface area contributed by atoms with Crippen LogP contribution in [0.4, 0.5) is 10.1 Å². The Morgan fingerprint density at radius 2 is 1.86 bits per heavy atom. The van der Waals surface area contributed by atoms with E-state index >= 15 is 0 Å². The topological polar surface area (TPSA) is 52.8 Å². The first-order chi connectivity index (χ1) is 12.5. The van der Waals surface area contributed by atoms with Crippen LogP contribution in [-0.2, 0) is 0 Å². The fraction of sp³-hybridized carbons (Fsp3) is 0.650. The molecule has 28 heavy (non-hydrogen) atoms. The van der Waals surface area contributed by atoms with Gasteiger partial charge in [0.2, 0.25) is 0 Å². The standard InChI is InChI=1S/C20H31FN4O.2ClH/c1-3-23-8-10-24(11-9-23)19-5-4-16(13-18(19)21)20(26)25-7-6-15(2)12-17(25)14-22;;/h4-5,13,15,17H,3,6-12,14,22H2,1-2H3;2*1H. The number of piperidine rings is 1. The number of carbonyl (C=O) groups is 1. The Bertz CT molecular complexity index is 641. The number of nitrogens with two attached hydrogens (primary N) is 1. The summed E-state index contributed by atoms with van der Waals surface area (Å²) in [4.78, 5) is 19.1. The molecule has 5 nitrogen and oxygen atoms in total. The molecule has 0 bridgehead atoms. The molecule has 1 aromatic carbocycles. The molecule has 2 aliphatic heterocycles. The highest BCUT2D eigenvalue weighted by Crippen LogP contribution is 2.26. The number of likely N-dealkylation sites (tertiary alicyclic amines) is 1. The van der Waals surface area contributed by atoms with Crippen LogP contribution in [0.25, 0.3) is 0 Å². The maximum Gasteiger partial charge on any atom is 0.254 e. The van der Waals surface area contributed by atoms with Crippen LogP contribution in [-0.4, -0.2) is 67.6 Å². The van der Waals surface area contributed by atoms with E-state index in [1.165, 1.54) is 6.07 Å². The van der Waals surface area contributed by atoms with Crippen LogP contribution < -0.4 is 10.6 Å². The highest BCUT2D eigenvalue weighted by molar-refractivity contribution is 5.95. The summed E-state index contributed by atoms with van der Waals surface area (Å²) >= 11 is 0. The summed E-state index contributed by atoms with van der Waals surface area (Å²) in [7, 11) is 0. The molecule has 0 aromatic heterocycles. The zero-order valence-corrected chi connectivity index (χ0v) is 18.4. The van der Waals surface area contributed by atoms with Crippen molar-refractivity contribution in [1.82, 2.24) is 9.80 Å². The van der Waals surface area contributed by atoms with E-state index in [0.29, 0.717) is 30.3 Å². The summed E-state index contributed by atoms with van der Waals surface area (Å²) in [5.41, 5.74) is 6.89. The molecule has 2 atom stereocenters. The Hall–Kier alpha value is -1.08. The zero-order chi connectivity index (χ0) is 18.7. The van der Waals surface area contributed by atoms with E-state index < -0.39 is 0 Å². The number of hydrogen-bond acceptors (Lipinski definition) is 4. The molecule has 1 amide bonds. The molecule has 8 heteroatoms.